The standard InChI is InChI=1S/C6H13F.C6H14.C5H9F3.2CH4/c1-5(2)4-6(3)7;1-4-5-6(2)3;1-4(2)3-5(6,7)8;;/h5-6H,4H2,1-3H3;6H,4-5H2,1-3H3;4H,3H2,1-2H3;2*1H4. The van der Waals surface area contributed by atoms with Crippen LogP contribution in [0.1, 0.15) is 95.9 Å². The molecule has 0 aliphatic carbocycles. The van der Waals surface area contributed by atoms with Crippen molar-refractivity contribution >= 4 is 0 Å². The minimum atomic E-state index is -3.98. The molecule has 0 aliphatic heterocycles. The van der Waals surface area contributed by atoms with Crippen molar-refractivity contribution in [2.45, 2.75) is 108 Å². The fraction of sp³-hybridized carbons (Fsp3) is 1.00. The van der Waals surface area contributed by atoms with Crippen LogP contribution in [0.15, 0.2) is 0 Å². The molecule has 0 N–H and O–H groups in total. The zero-order valence-corrected chi connectivity index (χ0v) is 15.1. The van der Waals surface area contributed by atoms with Gasteiger partial charge < -0.3 is 0 Å². The number of hydrogen-bond acceptors (Lipinski definition) is 0. The van der Waals surface area contributed by atoms with E-state index in [0.29, 0.717) is 12.3 Å². The Bertz CT molecular complexity index is 188. The quantitative estimate of drug-likeness (QED) is 0.436. The number of halogens is 4. The van der Waals surface area contributed by atoms with Crippen molar-refractivity contribution in [2.75, 3.05) is 0 Å². The van der Waals surface area contributed by atoms with Gasteiger partial charge in [-0.15, -0.1) is 0 Å². The second-order valence-electron chi connectivity index (χ2n) is 6.81. The Morgan fingerprint density at radius 1 is 0.739 bits per heavy atom. The first-order valence-corrected chi connectivity index (χ1v) is 8.02. The minimum absolute atomic E-state index is 0. The molecule has 0 fully saturated rings. The van der Waals surface area contributed by atoms with Gasteiger partial charge in [-0.1, -0.05) is 76.2 Å². The number of hydrogen-bond donors (Lipinski definition) is 0. The van der Waals surface area contributed by atoms with Crippen LogP contribution < -0.4 is 0 Å². The molecule has 4 heteroatoms. The number of alkyl halides is 4. The van der Waals surface area contributed by atoms with E-state index in [9.17, 15) is 17.6 Å². The zero-order valence-electron chi connectivity index (χ0n) is 15.1. The molecule has 0 aromatic heterocycles. The van der Waals surface area contributed by atoms with E-state index in [1.54, 1.807) is 20.8 Å². The summed E-state index contributed by atoms with van der Waals surface area (Å²) >= 11 is 0. The van der Waals surface area contributed by atoms with E-state index in [-0.39, 0.29) is 20.8 Å². The van der Waals surface area contributed by atoms with Crippen molar-refractivity contribution in [3.05, 3.63) is 0 Å². The van der Waals surface area contributed by atoms with Crippen LogP contribution in [-0.2, 0) is 0 Å². The van der Waals surface area contributed by atoms with E-state index >= 15 is 0 Å². The first-order valence-electron chi connectivity index (χ1n) is 8.02. The summed E-state index contributed by atoms with van der Waals surface area (Å²) in [6.07, 6.45) is -1.88. The van der Waals surface area contributed by atoms with Gasteiger partial charge in [0.2, 0.25) is 0 Å². The SMILES string of the molecule is C.C.CC(C)CC(C)F.CC(C)CC(F)(F)F.CCCC(C)C. The largest absolute Gasteiger partial charge is 0.389 e. The molecular formula is C19H44F4. The molecule has 1 unspecified atom stereocenters. The monoisotopic (exact) mass is 348 g/mol. The van der Waals surface area contributed by atoms with Gasteiger partial charge in [-0.3, -0.25) is 0 Å². The van der Waals surface area contributed by atoms with Crippen LogP contribution in [0.5, 0.6) is 0 Å². The van der Waals surface area contributed by atoms with E-state index < -0.39 is 18.8 Å². The lowest BCUT2D eigenvalue weighted by atomic mass is 10.1. The van der Waals surface area contributed by atoms with Gasteiger partial charge >= 0.3 is 6.18 Å². The molecule has 0 aliphatic rings. The van der Waals surface area contributed by atoms with Crippen LogP contribution in [0.25, 0.3) is 0 Å². The minimum Gasteiger partial charge on any atom is -0.248 e. The molecule has 23 heavy (non-hydrogen) atoms. The highest BCUT2D eigenvalue weighted by Crippen LogP contribution is 2.23. The summed E-state index contributed by atoms with van der Waals surface area (Å²) in [6, 6.07) is 0. The van der Waals surface area contributed by atoms with Crippen molar-refractivity contribution in [1.82, 2.24) is 0 Å². The van der Waals surface area contributed by atoms with E-state index in [4.69, 9.17) is 0 Å². The summed E-state index contributed by atoms with van der Waals surface area (Å²) in [5.41, 5.74) is 0. The Kier molecular flexibility index (Phi) is 29.3. The lowest BCUT2D eigenvalue weighted by Crippen LogP contribution is -2.10. The van der Waals surface area contributed by atoms with E-state index in [0.717, 1.165) is 5.92 Å². The molecule has 0 bridgehead atoms. The molecule has 0 amide bonds. The summed E-state index contributed by atoms with van der Waals surface area (Å²) in [5.74, 6) is 1.12. The fourth-order valence-electron chi connectivity index (χ4n) is 1.69. The van der Waals surface area contributed by atoms with Crippen molar-refractivity contribution in [2.24, 2.45) is 17.8 Å². The highest BCUT2D eigenvalue weighted by Gasteiger charge is 2.27. The third-order valence-corrected chi connectivity index (χ3v) is 2.30. The fourth-order valence-corrected chi connectivity index (χ4v) is 1.69. The molecule has 0 heterocycles. The molecule has 0 nitrogen and oxygen atoms in total. The Hall–Kier alpha value is -0.280. The summed E-state index contributed by atoms with van der Waals surface area (Å²) in [6.45, 7) is 15.5. The second-order valence-corrected chi connectivity index (χ2v) is 6.81. The molecule has 0 spiro atoms. The summed E-state index contributed by atoms with van der Waals surface area (Å²) in [5, 5.41) is 0. The second kappa shape index (κ2) is 19.8. The third kappa shape index (κ3) is 61.5. The molecule has 0 saturated carbocycles. The van der Waals surface area contributed by atoms with Crippen LogP contribution in [0.3, 0.4) is 0 Å². The Morgan fingerprint density at radius 3 is 1.13 bits per heavy atom. The molecule has 0 aromatic carbocycles. The predicted octanol–water partition coefficient (Wildman–Crippen LogP) is 8.70. The Labute approximate surface area is 144 Å². The smallest absolute Gasteiger partial charge is 0.248 e. The average molecular weight is 349 g/mol. The average Bonchev–Trinajstić information content (AvgIpc) is 2.11. The van der Waals surface area contributed by atoms with Crippen molar-refractivity contribution in [3.63, 3.8) is 0 Å². The van der Waals surface area contributed by atoms with Crippen molar-refractivity contribution in [1.29, 1.82) is 0 Å². The molecule has 0 radical (unpaired) electrons. The maximum Gasteiger partial charge on any atom is 0.389 e. The van der Waals surface area contributed by atoms with Gasteiger partial charge in [-0.25, -0.2) is 4.39 Å². The van der Waals surface area contributed by atoms with Gasteiger partial charge in [0.15, 0.2) is 0 Å². The summed E-state index contributed by atoms with van der Waals surface area (Å²) in [7, 11) is 0. The Morgan fingerprint density at radius 2 is 1.13 bits per heavy atom. The maximum atomic E-state index is 12.0. The van der Waals surface area contributed by atoms with Crippen LogP contribution in [0, 0.1) is 17.8 Å². The van der Waals surface area contributed by atoms with Gasteiger partial charge in [-0.2, -0.15) is 13.2 Å². The van der Waals surface area contributed by atoms with Gasteiger partial charge in [0.1, 0.15) is 0 Å². The first kappa shape index (κ1) is 34.1. The van der Waals surface area contributed by atoms with Gasteiger partial charge in [-0.05, 0) is 31.1 Å². The van der Waals surface area contributed by atoms with E-state index in [2.05, 4.69) is 20.8 Å². The number of rotatable bonds is 5. The highest BCUT2D eigenvalue weighted by molar-refractivity contribution is 4.52. The van der Waals surface area contributed by atoms with Gasteiger partial charge in [0.05, 0.1) is 6.17 Å². The Balaban J connectivity index is -0.0000000681. The zero-order chi connectivity index (χ0) is 17.6. The third-order valence-electron chi connectivity index (χ3n) is 2.30. The van der Waals surface area contributed by atoms with E-state index in [1.807, 2.05) is 13.8 Å². The molecule has 1 atom stereocenters. The lowest BCUT2D eigenvalue weighted by molar-refractivity contribution is -0.141. The normalized spacial score (nSPS) is 11.6. The topological polar surface area (TPSA) is 0 Å². The van der Waals surface area contributed by atoms with Crippen LogP contribution in [0.4, 0.5) is 17.6 Å². The predicted molar refractivity (Wildman–Crippen MR) is 98.7 cm³/mol. The maximum absolute atomic E-state index is 12.0. The molecular weight excluding hydrogens is 304 g/mol. The van der Waals surface area contributed by atoms with Crippen LogP contribution in [0.2, 0.25) is 0 Å². The molecule has 0 rings (SSSR count). The van der Waals surface area contributed by atoms with Crippen LogP contribution in [-0.4, -0.2) is 12.3 Å². The summed E-state index contributed by atoms with van der Waals surface area (Å²) < 4.78 is 45.9. The molecule has 0 aromatic rings. The van der Waals surface area contributed by atoms with Crippen molar-refractivity contribution in [3.8, 4) is 0 Å². The van der Waals surface area contributed by atoms with Gasteiger partial charge in [0.25, 0.3) is 0 Å². The summed E-state index contributed by atoms with van der Waals surface area (Å²) in [4.78, 5) is 0. The molecule has 148 valence electrons. The first-order chi connectivity index (χ1) is 9.31. The molecule has 0 saturated heterocycles. The van der Waals surface area contributed by atoms with E-state index in [1.165, 1.54) is 12.8 Å². The van der Waals surface area contributed by atoms with Gasteiger partial charge in [0, 0.05) is 6.42 Å². The highest BCUT2D eigenvalue weighted by atomic mass is 19.4. The van der Waals surface area contributed by atoms with Crippen LogP contribution >= 0.6 is 0 Å². The van der Waals surface area contributed by atoms with Crippen molar-refractivity contribution < 1.29 is 17.6 Å². The lowest BCUT2D eigenvalue weighted by Gasteiger charge is -2.07.